The number of aromatic nitrogens is 2. The third-order valence-electron chi connectivity index (χ3n) is 3.64. The fourth-order valence-electron chi connectivity index (χ4n) is 2.62. The van der Waals surface area contributed by atoms with Crippen molar-refractivity contribution in [1.82, 2.24) is 9.55 Å². The van der Waals surface area contributed by atoms with Crippen molar-refractivity contribution in [1.29, 1.82) is 0 Å². The molecule has 9 nitrogen and oxygen atoms in total. The van der Waals surface area contributed by atoms with Crippen molar-refractivity contribution in [2.24, 2.45) is 0 Å². The number of terminal acetylenes is 1. The number of rotatable bonds is 6. The Balaban J connectivity index is 0.000000640. The van der Waals surface area contributed by atoms with E-state index in [2.05, 4.69) is 10.9 Å². The largest absolute Gasteiger partial charge is 0.366 e. The van der Waals surface area contributed by atoms with Gasteiger partial charge in [0.2, 0.25) is 5.79 Å². The SMILES string of the molecule is C#CCOC[C@H]1CO[C@@](Cn2ccnc2)(c2ccc(Cl)cc2Cl)O1.O=[N+]([O-])O. The molecule has 11 heteroatoms. The van der Waals surface area contributed by atoms with Gasteiger partial charge < -0.3 is 24.0 Å². The monoisotopic (exact) mass is 429 g/mol. The zero-order valence-corrected chi connectivity index (χ0v) is 16.0. The van der Waals surface area contributed by atoms with E-state index < -0.39 is 10.9 Å². The summed E-state index contributed by atoms with van der Waals surface area (Å²) >= 11 is 12.4. The van der Waals surface area contributed by atoms with Gasteiger partial charge in [-0.2, -0.15) is 0 Å². The lowest BCUT2D eigenvalue weighted by atomic mass is 10.1. The molecule has 2 atom stereocenters. The van der Waals surface area contributed by atoms with Crippen molar-refractivity contribution < 1.29 is 24.5 Å². The Morgan fingerprint density at radius 3 is 2.89 bits per heavy atom. The van der Waals surface area contributed by atoms with E-state index in [1.165, 1.54) is 0 Å². The molecule has 0 amide bonds. The maximum absolute atomic E-state index is 8.36. The minimum Gasteiger partial charge on any atom is -0.366 e. The first-order valence-electron chi connectivity index (χ1n) is 7.94. The predicted molar refractivity (Wildman–Crippen MR) is 99.6 cm³/mol. The van der Waals surface area contributed by atoms with Crippen LogP contribution in [0.25, 0.3) is 0 Å². The van der Waals surface area contributed by atoms with Gasteiger partial charge in [0.05, 0.1) is 31.1 Å². The van der Waals surface area contributed by atoms with E-state index >= 15 is 0 Å². The molecule has 1 aromatic heterocycles. The van der Waals surface area contributed by atoms with Crippen LogP contribution in [0.2, 0.25) is 10.0 Å². The molecule has 0 radical (unpaired) electrons. The second-order valence-corrected chi connectivity index (χ2v) is 6.46. The van der Waals surface area contributed by atoms with Gasteiger partial charge in [0.1, 0.15) is 12.7 Å². The van der Waals surface area contributed by atoms with E-state index in [9.17, 15) is 0 Å². The molecular weight excluding hydrogens is 413 g/mol. The number of halogens is 2. The normalized spacial score (nSPS) is 20.8. The lowest BCUT2D eigenvalue weighted by Gasteiger charge is -2.29. The summed E-state index contributed by atoms with van der Waals surface area (Å²) in [5, 5.41) is 14.7. The summed E-state index contributed by atoms with van der Waals surface area (Å²) in [7, 11) is 0. The maximum atomic E-state index is 8.36. The van der Waals surface area contributed by atoms with Gasteiger partial charge >= 0.3 is 0 Å². The van der Waals surface area contributed by atoms with Gasteiger partial charge in [0.25, 0.3) is 5.09 Å². The zero-order valence-electron chi connectivity index (χ0n) is 14.5. The number of imidazole rings is 1. The van der Waals surface area contributed by atoms with E-state index in [0.717, 1.165) is 0 Å². The van der Waals surface area contributed by atoms with Crippen LogP contribution in [0.1, 0.15) is 5.56 Å². The van der Waals surface area contributed by atoms with Gasteiger partial charge in [-0.1, -0.05) is 35.2 Å². The second kappa shape index (κ2) is 10.3. The van der Waals surface area contributed by atoms with Crippen molar-refractivity contribution in [3.05, 3.63) is 62.6 Å². The molecule has 0 spiro atoms. The molecule has 1 aliphatic heterocycles. The van der Waals surface area contributed by atoms with Gasteiger partial charge in [-0.3, -0.25) is 0 Å². The van der Waals surface area contributed by atoms with Crippen LogP contribution in [0.5, 0.6) is 0 Å². The molecule has 1 aromatic carbocycles. The van der Waals surface area contributed by atoms with E-state index in [1.54, 1.807) is 24.7 Å². The summed E-state index contributed by atoms with van der Waals surface area (Å²) in [6, 6.07) is 5.24. The van der Waals surface area contributed by atoms with Crippen LogP contribution in [0.3, 0.4) is 0 Å². The van der Waals surface area contributed by atoms with Crippen LogP contribution < -0.4 is 0 Å². The van der Waals surface area contributed by atoms with Gasteiger partial charge in [0.15, 0.2) is 0 Å². The molecule has 2 heterocycles. The Kier molecular flexibility index (Phi) is 8.04. The third-order valence-corrected chi connectivity index (χ3v) is 4.19. The molecule has 1 fully saturated rings. The van der Waals surface area contributed by atoms with Gasteiger partial charge in [-0.05, 0) is 12.1 Å². The van der Waals surface area contributed by atoms with E-state index in [4.69, 9.17) is 59.2 Å². The first-order valence-corrected chi connectivity index (χ1v) is 8.69. The van der Waals surface area contributed by atoms with Crippen LogP contribution in [0.4, 0.5) is 0 Å². The van der Waals surface area contributed by atoms with Crippen molar-refractivity contribution in [3.63, 3.8) is 0 Å². The quantitative estimate of drug-likeness (QED) is 0.325. The van der Waals surface area contributed by atoms with Gasteiger partial charge in [-0.25, -0.2) is 4.98 Å². The van der Waals surface area contributed by atoms with E-state index in [0.29, 0.717) is 35.4 Å². The molecule has 3 rings (SSSR count). The van der Waals surface area contributed by atoms with Crippen LogP contribution in [0.15, 0.2) is 36.9 Å². The van der Waals surface area contributed by atoms with Crippen LogP contribution in [-0.4, -0.2) is 45.8 Å². The van der Waals surface area contributed by atoms with E-state index in [1.807, 2.05) is 16.8 Å². The zero-order chi connectivity index (χ0) is 20.6. The first kappa shape index (κ1) is 21.9. The smallest absolute Gasteiger partial charge is 0.291 e. The lowest BCUT2D eigenvalue weighted by Crippen LogP contribution is -2.34. The molecule has 0 aliphatic carbocycles. The average Bonchev–Trinajstić information content (AvgIpc) is 3.26. The first-order chi connectivity index (χ1) is 13.4. The van der Waals surface area contributed by atoms with Crippen molar-refractivity contribution in [2.45, 2.75) is 18.4 Å². The highest BCUT2D eigenvalue weighted by molar-refractivity contribution is 6.35. The number of hydrogen-bond donors (Lipinski definition) is 1. The Bertz CT molecular complexity index is 823. The minimum atomic E-state index is -1.50. The Morgan fingerprint density at radius 1 is 1.54 bits per heavy atom. The van der Waals surface area contributed by atoms with Crippen LogP contribution in [0, 0.1) is 22.5 Å². The molecule has 0 bridgehead atoms. The van der Waals surface area contributed by atoms with Crippen molar-refractivity contribution in [3.8, 4) is 12.3 Å². The average molecular weight is 430 g/mol. The van der Waals surface area contributed by atoms with Gasteiger partial charge in [-0.15, -0.1) is 16.5 Å². The number of nitrogens with zero attached hydrogens (tertiary/aromatic N) is 3. The second-order valence-electron chi connectivity index (χ2n) is 5.62. The third kappa shape index (κ3) is 6.09. The Morgan fingerprint density at radius 2 is 2.29 bits per heavy atom. The van der Waals surface area contributed by atoms with Crippen molar-refractivity contribution in [2.75, 3.05) is 19.8 Å². The summed E-state index contributed by atoms with van der Waals surface area (Å²) in [5.74, 6) is 1.39. The Hall–Kier alpha value is -2.35. The molecular formula is C17H17Cl2N3O6. The van der Waals surface area contributed by atoms with Gasteiger partial charge in [0, 0.05) is 23.0 Å². The highest BCUT2D eigenvalue weighted by Crippen LogP contribution is 2.40. The summed E-state index contributed by atoms with van der Waals surface area (Å²) in [4.78, 5) is 12.4. The summed E-state index contributed by atoms with van der Waals surface area (Å²) in [6.45, 7) is 1.36. The highest BCUT2D eigenvalue weighted by atomic mass is 35.5. The molecule has 1 aliphatic rings. The van der Waals surface area contributed by atoms with Crippen LogP contribution >= 0.6 is 23.2 Å². The predicted octanol–water partition coefficient (Wildman–Crippen LogP) is 2.76. The molecule has 2 aromatic rings. The summed E-state index contributed by atoms with van der Waals surface area (Å²) in [5.41, 5.74) is 0.710. The highest BCUT2D eigenvalue weighted by Gasteiger charge is 2.45. The molecule has 28 heavy (non-hydrogen) atoms. The fourth-order valence-corrected chi connectivity index (χ4v) is 3.18. The van der Waals surface area contributed by atoms with E-state index in [-0.39, 0.29) is 12.7 Å². The van der Waals surface area contributed by atoms with Crippen molar-refractivity contribution >= 4 is 23.2 Å². The van der Waals surface area contributed by atoms with Crippen LogP contribution in [-0.2, 0) is 26.5 Å². The molecule has 1 saturated heterocycles. The molecule has 0 unspecified atom stereocenters. The minimum absolute atomic E-state index is 0.232. The molecule has 150 valence electrons. The number of benzene rings is 1. The topological polar surface area (TPSA) is 109 Å². The fraction of sp³-hybridized carbons (Fsp3) is 0.353. The standard InChI is InChI=1S/C17H16Cl2N2O3.HNO3/c1-2-7-22-9-14-10-23-17(24-14,11-21-6-5-20-12-21)15-4-3-13(18)8-16(15)19;2-1(3)4/h1,3-6,8,12,14H,7,9-11H2;(H,2,3,4)/t14-,17+;/m0./s1. The summed E-state index contributed by atoms with van der Waals surface area (Å²) in [6.07, 6.45) is 10.2. The molecule has 1 N–H and O–H groups in total. The number of hydrogen-bond acceptors (Lipinski definition) is 6. The Labute approximate surface area is 170 Å². The number of ether oxygens (including phenoxy) is 3. The summed E-state index contributed by atoms with van der Waals surface area (Å²) < 4.78 is 19.5. The molecule has 0 saturated carbocycles. The lowest BCUT2D eigenvalue weighted by molar-refractivity contribution is -0.742. The maximum Gasteiger partial charge on any atom is 0.291 e.